The summed E-state index contributed by atoms with van der Waals surface area (Å²) in [6.07, 6.45) is 5.72. The standard InChI is InChI=1S/C9H17N5/c1-8(4-5-10)14-7-9(11-12-14)6-13(2)3/h4-5,7-8H,6,10H2,1-3H3/p+1. The molecule has 1 unspecified atom stereocenters. The zero-order chi connectivity index (χ0) is 10.6. The highest BCUT2D eigenvalue weighted by molar-refractivity contribution is 4.95. The van der Waals surface area contributed by atoms with Crippen molar-refractivity contribution in [3.63, 3.8) is 0 Å². The Kier molecular flexibility index (Phi) is 3.79. The summed E-state index contributed by atoms with van der Waals surface area (Å²) in [5.41, 5.74) is 4.64. The smallest absolute Gasteiger partial charge is 0.0967 e. The normalized spacial score (nSPS) is 14.1. The van der Waals surface area contributed by atoms with E-state index in [-0.39, 0.29) is 6.04 Å². The van der Waals surface area contributed by atoms with Crippen LogP contribution in [-0.4, -0.2) is 34.0 Å². The molecule has 78 valence electrons. The second-order valence-electron chi connectivity index (χ2n) is 3.60. The van der Waals surface area contributed by atoms with Crippen LogP contribution in [0.4, 0.5) is 0 Å². The van der Waals surface area contributed by atoms with Crippen molar-refractivity contribution in [3.05, 3.63) is 24.2 Å². The van der Waals surface area contributed by atoms with Gasteiger partial charge >= 0.3 is 0 Å². The van der Waals surface area contributed by atoms with Crippen LogP contribution >= 0.6 is 0 Å². The lowest BCUT2D eigenvalue weighted by molar-refractivity contribution is -0.275. The molecule has 0 fully saturated rings. The van der Waals surface area contributed by atoms with Gasteiger partial charge in [0.25, 0.3) is 0 Å². The van der Waals surface area contributed by atoms with Gasteiger partial charge in [0.15, 0.2) is 0 Å². The minimum absolute atomic E-state index is 0.218. The Morgan fingerprint density at radius 2 is 2.36 bits per heavy atom. The van der Waals surface area contributed by atoms with Gasteiger partial charge < -0.3 is 10.6 Å². The van der Waals surface area contributed by atoms with Gasteiger partial charge in [0, 0.05) is 6.54 Å². The van der Waals surface area contributed by atoms with Crippen molar-refractivity contribution >= 4 is 0 Å². The van der Waals surface area contributed by atoms with E-state index in [0.717, 1.165) is 12.2 Å². The summed E-state index contributed by atoms with van der Waals surface area (Å²) in [6.45, 7) is 2.87. The third kappa shape index (κ3) is 2.93. The molecule has 0 aromatic carbocycles. The van der Waals surface area contributed by atoms with Crippen LogP contribution in [0.2, 0.25) is 0 Å². The topological polar surface area (TPSA) is 61.6 Å². The summed E-state index contributed by atoms with van der Waals surface area (Å²) in [6, 6.07) is 0.218. The van der Waals surface area contributed by atoms with Crippen molar-refractivity contribution in [1.29, 1.82) is 0 Å². The largest absolute Gasteiger partial charge is 0.332 e. The van der Waals surface area contributed by atoms with Crippen LogP contribution in [0.15, 0.2) is 18.5 Å². The molecule has 0 spiro atoms. The third-order valence-electron chi connectivity index (χ3n) is 1.87. The van der Waals surface area contributed by atoms with Crippen LogP contribution in [0.25, 0.3) is 0 Å². The third-order valence-corrected chi connectivity index (χ3v) is 1.87. The van der Waals surface area contributed by atoms with Gasteiger partial charge in [-0.3, -0.25) is 0 Å². The molecule has 0 aliphatic carbocycles. The highest BCUT2D eigenvalue weighted by atomic mass is 15.4. The van der Waals surface area contributed by atoms with E-state index in [1.54, 1.807) is 6.20 Å². The Morgan fingerprint density at radius 1 is 1.64 bits per heavy atom. The second-order valence-corrected chi connectivity index (χ2v) is 3.60. The Labute approximate surface area is 84.2 Å². The van der Waals surface area contributed by atoms with Crippen LogP contribution in [0.3, 0.4) is 0 Å². The number of nitrogens with zero attached hydrogens (tertiary/aromatic N) is 4. The molecule has 1 aromatic heterocycles. The Morgan fingerprint density at radius 3 is 2.93 bits per heavy atom. The summed E-state index contributed by atoms with van der Waals surface area (Å²) in [5.74, 6) is 0. The molecule has 1 atom stereocenters. The fourth-order valence-electron chi connectivity index (χ4n) is 1.19. The first kappa shape index (κ1) is 10.9. The second kappa shape index (κ2) is 4.88. The molecule has 0 bridgehead atoms. The lowest BCUT2D eigenvalue weighted by Crippen LogP contribution is -2.39. The van der Waals surface area contributed by atoms with Gasteiger partial charge in [-0.25, -0.2) is 4.68 Å². The van der Waals surface area contributed by atoms with Crippen LogP contribution in [0.1, 0.15) is 18.7 Å². The summed E-state index contributed by atoms with van der Waals surface area (Å²) in [5, 5.41) is 8.13. The summed E-state index contributed by atoms with van der Waals surface area (Å²) >= 11 is 0. The first-order valence-corrected chi connectivity index (χ1v) is 4.65. The molecule has 0 amide bonds. The zero-order valence-corrected chi connectivity index (χ0v) is 9.01. The van der Waals surface area contributed by atoms with Crippen molar-refractivity contribution < 1.29 is 5.73 Å². The van der Waals surface area contributed by atoms with E-state index in [1.807, 2.05) is 31.1 Å². The van der Waals surface area contributed by atoms with E-state index < -0.39 is 0 Å². The number of hydrogen-bond donors (Lipinski definition) is 1. The van der Waals surface area contributed by atoms with Gasteiger partial charge in [0.2, 0.25) is 0 Å². The first-order valence-electron chi connectivity index (χ1n) is 4.65. The molecular weight excluding hydrogens is 178 g/mol. The van der Waals surface area contributed by atoms with E-state index in [1.165, 1.54) is 0 Å². The molecule has 0 aliphatic heterocycles. The Balaban J connectivity index is 2.67. The molecule has 14 heavy (non-hydrogen) atoms. The molecule has 0 radical (unpaired) electrons. The molecule has 5 heteroatoms. The number of rotatable bonds is 4. The lowest BCUT2D eigenvalue weighted by atomic mass is 10.3. The van der Waals surface area contributed by atoms with Gasteiger partial charge in [-0.05, 0) is 27.1 Å². The lowest BCUT2D eigenvalue weighted by Gasteiger charge is -2.05. The molecule has 3 N–H and O–H groups in total. The van der Waals surface area contributed by atoms with Crippen LogP contribution < -0.4 is 5.73 Å². The van der Waals surface area contributed by atoms with Crippen molar-refractivity contribution in [2.75, 3.05) is 14.1 Å². The quantitative estimate of drug-likeness (QED) is 0.716. The Hall–Kier alpha value is -1.20. The fraction of sp³-hybridized carbons (Fsp3) is 0.556. The van der Waals surface area contributed by atoms with Gasteiger partial charge in [-0.1, -0.05) is 5.21 Å². The van der Waals surface area contributed by atoms with E-state index in [2.05, 4.69) is 27.9 Å². The monoisotopic (exact) mass is 196 g/mol. The minimum Gasteiger partial charge on any atom is -0.332 e. The van der Waals surface area contributed by atoms with Gasteiger partial charge in [-0.15, -0.1) is 5.10 Å². The van der Waals surface area contributed by atoms with E-state index >= 15 is 0 Å². The van der Waals surface area contributed by atoms with Crippen LogP contribution in [0.5, 0.6) is 0 Å². The van der Waals surface area contributed by atoms with Gasteiger partial charge in [-0.2, -0.15) is 0 Å². The molecule has 5 nitrogen and oxygen atoms in total. The molecule has 0 aliphatic rings. The van der Waals surface area contributed by atoms with E-state index in [0.29, 0.717) is 0 Å². The van der Waals surface area contributed by atoms with Crippen LogP contribution in [-0.2, 0) is 6.54 Å². The maximum atomic E-state index is 4.08. The highest BCUT2D eigenvalue weighted by Crippen LogP contribution is 2.05. The predicted molar refractivity (Wildman–Crippen MR) is 54.2 cm³/mol. The molecule has 1 aromatic rings. The number of aromatic nitrogens is 3. The van der Waals surface area contributed by atoms with Crippen LogP contribution in [0, 0.1) is 0 Å². The van der Waals surface area contributed by atoms with Gasteiger partial charge in [0.1, 0.15) is 0 Å². The predicted octanol–water partition coefficient (Wildman–Crippen LogP) is -0.344. The van der Waals surface area contributed by atoms with Crippen molar-refractivity contribution in [1.82, 2.24) is 19.9 Å². The average molecular weight is 196 g/mol. The summed E-state index contributed by atoms with van der Waals surface area (Å²) in [7, 11) is 4.02. The number of hydrogen-bond acceptors (Lipinski definition) is 3. The van der Waals surface area contributed by atoms with Crippen molar-refractivity contribution in [2.24, 2.45) is 0 Å². The molecule has 0 saturated carbocycles. The summed E-state index contributed by atoms with van der Waals surface area (Å²) in [4.78, 5) is 2.07. The Bertz CT molecular complexity index is 302. The first-order chi connectivity index (χ1) is 6.63. The molecule has 1 rings (SSSR count). The highest BCUT2D eigenvalue weighted by Gasteiger charge is 2.05. The zero-order valence-electron chi connectivity index (χ0n) is 9.01. The fourth-order valence-corrected chi connectivity index (χ4v) is 1.19. The number of allylic oxidation sites excluding steroid dienone is 1. The van der Waals surface area contributed by atoms with Gasteiger partial charge in [0.05, 0.1) is 24.1 Å². The maximum absolute atomic E-state index is 4.08. The van der Waals surface area contributed by atoms with Crippen molar-refractivity contribution in [3.8, 4) is 0 Å². The van der Waals surface area contributed by atoms with Crippen molar-refractivity contribution in [2.45, 2.75) is 19.5 Å². The minimum atomic E-state index is 0.218. The molecule has 0 saturated heterocycles. The number of quaternary nitrogens is 1. The molecular formula is C9H18N5+. The molecule has 1 heterocycles. The average Bonchev–Trinajstić information content (AvgIpc) is 2.52. The van der Waals surface area contributed by atoms with E-state index in [9.17, 15) is 0 Å². The maximum Gasteiger partial charge on any atom is 0.0967 e. The van der Waals surface area contributed by atoms with E-state index in [4.69, 9.17) is 0 Å². The summed E-state index contributed by atoms with van der Waals surface area (Å²) < 4.78 is 1.83. The SMILES string of the molecule is CC(C=C[NH3+])n1cc(CN(C)C)nn1.